The monoisotopic (exact) mass is 474 g/mol. The average molecular weight is 474 g/mol. The van der Waals surface area contributed by atoms with Crippen LogP contribution in [0.15, 0.2) is 15.6 Å². The third-order valence-corrected chi connectivity index (χ3v) is 3.87. The van der Waals surface area contributed by atoms with Crippen molar-refractivity contribution in [3.63, 3.8) is 0 Å². The fourth-order valence-electron chi connectivity index (χ4n) is 1.63. The maximum atomic E-state index is 10.9. The van der Waals surface area contributed by atoms with Crippen molar-refractivity contribution in [3.05, 3.63) is 17.5 Å². The van der Waals surface area contributed by atoms with Crippen LogP contribution in [0, 0.1) is 0 Å². The van der Waals surface area contributed by atoms with E-state index < -0.39 is 9.84 Å². The van der Waals surface area contributed by atoms with Crippen LogP contribution in [0.1, 0.15) is 31.2 Å². The molecule has 1 heterocycles. The first-order valence-electron chi connectivity index (χ1n) is 7.47. The van der Waals surface area contributed by atoms with E-state index in [2.05, 4.69) is 34.6 Å². The highest BCUT2D eigenvalue weighted by molar-refractivity contribution is 14.0. The van der Waals surface area contributed by atoms with E-state index in [9.17, 15) is 8.42 Å². The predicted molar refractivity (Wildman–Crippen MR) is 105 cm³/mol. The summed E-state index contributed by atoms with van der Waals surface area (Å²) in [7, 11) is -1.31. The van der Waals surface area contributed by atoms with Gasteiger partial charge in [-0.1, -0.05) is 19.0 Å². The lowest BCUT2D eigenvalue weighted by Gasteiger charge is -2.10. The van der Waals surface area contributed by atoms with Gasteiger partial charge >= 0.3 is 0 Å². The summed E-state index contributed by atoms with van der Waals surface area (Å²) in [6.07, 6.45) is 1.19. The highest BCUT2D eigenvalue weighted by Gasteiger charge is 2.08. The van der Waals surface area contributed by atoms with E-state index in [0.29, 0.717) is 31.6 Å². The normalized spacial score (nSPS) is 12.1. The van der Waals surface area contributed by atoms with Crippen molar-refractivity contribution in [2.24, 2.45) is 4.99 Å². The number of sulfone groups is 1. The molecule has 0 aliphatic heterocycles. The standard InChI is InChI=1S/C14H26N4O4S.HI/c1-11(2)13-9-12(22-18-13)10-17-14(15-3)16-5-6-21-7-8-23(4,19)20;/h9,11H,5-8,10H2,1-4H3,(H2,15,16,17);1H. The number of nitrogens with zero attached hydrogens (tertiary/aromatic N) is 2. The minimum Gasteiger partial charge on any atom is -0.379 e. The third kappa shape index (κ3) is 10.1. The van der Waals surface area contributed by atoms with Gasteiger partial charge in [0.05, 0.1) is 31.2 Å². The molecule has 1 rings (SSSR count). The van der Waals surface area contributed by atoms with Gasteiger partial charge in [-0.3, -0.25) is 4.99 Å². The minimum atomic E-state index is -2.97. The number of aliphatic imine (C=N–C) groups is 1. The predicted octanol–water partition coefficient (Wildman–Crippen LogP) is 1.14. The molecule has 1 aromatic heterocycles. The molecule has 1 aromatic rings. The van der Waals surface area contributed by atoms with Crippen molar-refractivity contribution < 1.29 is 17.7 Å². The van der Waals surface area contributed by atoms with Gasteiger partial charge in [0.2, 0.25) is 0 Å². The van der Waals surface area contributed by atoms with Crippen LogP contribution in [0.4, 0.5) is 0 Å². The molecule has 2 N–H and O–H groups in total. The van der Waals surface area contributed by atoms with E-state index in [1.165, 1.54) is 6.26 Å². The Bertz CT molecular complexity index is 602. The van der Waals surface area contributed by atoms with E-state index in [4.69, 9.17) is 9.26 Å². The van der Waals surface area contributed by atoms with Gasteiger partial charge < -0.3 is 19.9 Å². The van der Waals surface area contributed by atoms with Gasteiger partial charge in [0, 0.05) is 25.9 Å². The number of ether oxygens (including phenoxy) is 1. The summed E-state index contributed by atoms with van der Waals surface area (Å²) in [6, 6.07) is 1.92. The van der Waals surface area contributed by atoms with E-state index in [1.54, 1.807) is 7.05 Å². The molecule has 24 heavy (non-hydrogen) atoms. The molecule has 0 spiro atoms. The molecular formula is C14H27IN4O4S. The highest BCUT2D eigenvalue weighted by atomic mass is 127. The summed E-state index contributed by atoms with van der Waals surface area (Å²) in [6.45, 7) is 5.71. The first-order chi connectivity index (χ1) is 10.8. The maximum Gasteiger partial charge on any atom is 0.191 e. The Labute approximate surface area is 160 Å². The van der Waals surface area contributed by atoms with Crippen molar-refractivity contribution in [3.8, 4) is 0 Å². The molecule has 0 aliphatic rings. The molecule has 0 saturated carbocycles. The largest absolute Gasteiger partial charge is 0.379 e. The number of nitrogens with one attached hydrogen (secondary N) is 2. The molecule has 0 fully saturated rings. The van der Waals surface area contributed by atoms with E-state index in [1.807, 2.05) is 6.07 Å². The van der Waals surface area contributed by atoms with Gasteiger partial charge in [0.25, 0.3) is 0 Å². The van der Waals surface area contributed by atoms with Crippen LogP contribution in [0.25, 0.3) is 0 Å². The fourth-order valence-corrected chi connectivity index (χ4v) is 2.05. The van der Waals surface area contributed by atoms with Gasteiger partial charge in [-0.25, -0.2) is 8.42 Å². The second kappa shape index (κ2) is 11.6. The minimum absolute atomic E-state index is 0. The summed E-state index contributed by atoms with van der Waals surface area (Å²) < 4.78 is 32.4. The third-order valence-electron chi connectivity index (χ3n) is 2.96. The van der Waals surface area contributed by atoms with E-state index in [0.717, 1.165) is 11.5 Å². The van der Waals surface area contributed by atoms with Crippen molar-refractivity contribution in [2.45, 2.75) is 26.3 Å². The van der Waals surface area contributed by atoms with Crippen molar-refractivity contribution in [1.29, 1.82) is 0 Å². The van der Waals surface area contributed by atoms with Gasteiger partial charge in [-0.05, 0) is 5.92 Å². The zero-order valence-corrected chi connectivity index (χ0v) is 17.7. The first kappa shape index (κ1) is 23.1. The van der Waals surface area contributed by atoms with Crippen LogP contribution >= 0.6 is 24.0 Å². The van der Waals surface area contributed by atoms with Gasteiger partial charge in [0.1, 0.15) is 9.84 Å². The summed E-state index contributed by atoms with van der Waals surface area (Å²) in [4.78, 5) is 4.08. The van der Waals surface area contributed by atoms with Gasteiger partial charge in [-0.2, -0.15) is 0 Å². The molecular weight excluding hydrogens is 447 g/mol. The molecule has 0 saturated heterocycles. The second-order valence-corrected chi connectivity index (χ2v) is 7.73. The lowest BCUT2D eigenvalue weighted by atomic mass is 10.1. The molecule has 10 heteroatoms. The highest BCUT2D eigenvalue weighted by Crippen LogP contribution is 2.13. The lowest BCUT2D eigenvalue weighted by Crippen LogP contribution is -2.38. The molecule has 8 nitrogen and oxygen atoms in total. The van der Waals surface area contributed by atoms with Crippen LogP contribution < -0.4 is 10.6 Å². The molecule has 0 atom stereocenters. The Balaban J connectivity index is 0.00000529. The lowest BCUT2D eigenvalue weighted by molar-refractivity contribution is 0.154. The molecule has 0 radical (unpaired) electrons. The maximum absolute atomic E-state index is 10.9. The van der Waals surface area contributed by atoms with Gasteiger partial charge in [-0.15, -0.1) is 24.0 Å². The van der Waals surface area contributed by atoms with Crippen molar-refractivity contribution in [1.82, 2.24) is 15.8 Å². The van der Waals surface area contributed by atoms with Crippen molar-refractivity contribution in [2.75, 3.05) is 38.8 Å². The van der Waals surface area contributed by atoms with Crippen LogP contribution in [0.3, 0.4) is 0 Å². The number of halogens is 1. The fraction of sp³-hybridized carbons (Fsp3) is 0.714. The van der Waals surface area contributed by atoms with Crippen LogP contribution in [0.2, 0.25) is 0 Å². The number of hydrogen-bond donors (Lipinski definition) is 2. The quantitative estimate of drug-likeness (QED) is 0.239. The Morgan fingerprint density at radius 1 is 1.38 bits per heavy atom. The number of hydrogen-bond acceptors (Lipinski definition) is 6. The SMILES string of the molecule is CN=C(NCCOCCS(C)(=O)=O)NCc1cc(C(C)C)no1.I. The van der Waals surface area contributed by atoms with E-state index in [-0.39, 0.29) is 36.3 Å². The molecule has 140 valence electrons. The molecule has 0 amide bonds. The summed E-state index contributed by atoms with van der Waals surface area (Å²) in [5, 5.41) is 10.2. The topological polar surface area (TPSA) is 106 Å². The first-order valence-corrected chi connectivity index (χ1v) is 9.53. The van der Waals surface area contributed by atoms with E-state index >= 15 is 0 Å². The number of rotatable bonds is 9. The Morgan fingerprint density at radius 3 is 2.62 bits per heavy atom. The summed E-state index contributed by atoms with van der Waals surface area (Å²) in [5.41, 5.74) is 0.920. The Hall–Kier alpha value is -0.880. The Morgan fingerprint density at radius 2 is 2.08 bits per heavy atom. The number of aromatic nitrogens is 1. The second-order valence-electron chi connectivity index (χ2n) is 5.47. The Kier molecular flexibility index (Phi) is 11.2. The van der Waals surface area contributed by atoms with Gasteiger partial charge in [0.15, 0.2) is 11.7 Å². The molecule has 0 aromatic carbocycles. The zero-order valence-electron chi connectivity index (χ0n) is 14.5. The van der Waals surface area contributed by atoms with Crippen LogP contribution in [-0.4, -0.2) is 58.3 Å². The molecule has 0 bridgehead atoms. The summed E-state index contributed by atoms with van der Waals surface area (Å²) >= 11 is 0. The number of guanidine groups is 1. The smallest absolute Gasteiger partial charge is 0.191 e. The van der Waals surface area contributed by atoms with Crippen LogP contribution in [-0.2, 0) is 21.1 Å². The van der Waals surface area contributed by atoms with Crippen molar-refractivity contribution >= 4 is 39.8 Å². The van der Waals surface area contributed by atoms with Crippen LogP contribution in [0.5, 0.6) is 0 Å². The average Bonchev–Trinajstić information content (AvgIpc) is 2.93. The molecule has 0 aliphatic carbocycles. The summed E-state index contributed by atoms with van der Waals surface area (Å²) in [5.74, 6) is 1.71. The zero-order chi connectivity index (χ0) is 17.3. The molecule has 0 unspecified atom stereocenters.